The zero-order chi connectivity index (χ0) is 26.0. The fraction of sp³-hybridized carbons (Fsp3) is 0.633. The Morgan fingerprint density at radius 3 is 2.68 bits per heavy atom. The minimum Gasteiger partial charge on any atom is -0.490 e. The van der Waals surface area contributed by atoms with Gasteiger partial charge in [-0.15, -0.1) is 0 Å². The van der Waals surface area contributed by atoms with Gasteiger partial charge in [0.15, 0.2) is 0 Å². The van der Waals surface area contributed by atoms with E-state index in [0.717, 1.165) is 69.0 Å². The Balaban J connectivity index is 1.54. The average molecular weight is 527 g/mol. The van der Waals surface area contributed by atoms with Crippen molar-refractivity contribution in [3.05, 3.63) is 47.1 Å². The van der Waals surface area contributed by atoms with Gasteiger partial charge in [0, 0.05) is 24.1 Å². The van der Waals surface area contributed by atoms with E-state index in [4.69, 9.17) is 4.74 Å². The van der Waals surface area contributed by atoms with Crippen LogP contribution in [0.3, 0.4) is 0 Å². The second-order valence-electron chi connectivity index (χ2n) is 11.7. The molecule has 3 atom stereocenters. The number of benzene rings is 1. The molecule has 6 nitrogen and oxygen atoms in total. The third-order valence-electron chi connectivity index (χ3n) is 9.15. The molecule has 4 aliphatic rings. The van der Waals surface area contributed by atoms with Gasteiger partial charge in [-0.05, 0) is 88.0 Å². The van der Waals surface area contributed by atoms with E-state index in [2.05, 4.69) is 35.6 Å². The van der Waals surface area contributed by atoms with Crippen molar-refractivity contribution >= 4 is 21.6 Å². The zero-order valence-electron chi connectivity index (χ0n) is 22.4. The van der Waals surface area contributed by atoms with Crippen LogP contribution in [0.1, 0.15) is 88.4 Å². The molecule has 0 unspecified atom stereocenters. The number of hydrogen-bond acceptors (Lipinski definition) is 5. The monoisotopic (exact) mass is 526 g/mol. The molecule has 0 aromatic heterocycles. The third kappa shape index (κ3) is 5.62. The Kier molecular flexibility index (Phi) is 7.71. The second-order valence-corrected chi connectivity index (χ2v) is 13.6. The number of carbonyl (C=O) groups is 1. The van der Waals surface area contributed by atoms with Crippen molar-refractivity contribution < 1.29 is 17.9 Å². The highest BCUT2D eigenvalue weighted by molar-refractivity contribution is 7.90. The van der Waals surface area contributed by atoms with Crippen molar-refractivity contribution in [2.75, 3.05) is 30.3 Å². The van der Waals surface area contributed by atoms with Gasteiger partial charge < -0.3 is 9.64 Å². The Morgan fingerprint density at radius 1 is 1.08 bits per heavy atom. The highest BCUT2D eigenvalue weighted by Gasteiger charge is 2.43. The predicted molar refractivity (Wildman–Crippen MR) is 148 cm³/mol. The number of anilines is 1. The first-order valence-electron chi connectivity index (χ1n) is 14.2. The standard InChI is InChI=1S/C30H42N2O4S/c1-3-9-26-22(2)10-8-16-30(26)20-32-19-25-13-12-23(25)11-6-4-5-7-17-37(34,35)31-29(33)24-14-15-28(36-21-30)27(32)18-24/h3,9,14-15,18,23,25H,4-8,10-13,16-17,19-21H2,1-2H3,(H,31,33)/b9-3-/t23-,25+,30+/m1/s1. The highest BCUT2D eigenvalue weighted by Crippen LogP contribution is 2.48. The van der Waals surface area contributed by atoms with E-state index in [-0.39, 0.29) is 11.2 Å². The lowest BCUT2D eigenvalue weighted by molar-refractivity contribution is 0.0981. The van der Waals surface area contributed by atoms with Gasteiger partial charge >= 0.3 is 0 Å². The number of rotatable bonds is 1. The number of allylic oxidation sites excluding steroid dienone is 3. The molecule has 1 spiro atoms. The quantitative estimate of drug-likeness (QED) is 0.486. The first-order valence-corrected chi connectivity index (χ1v) is 15.8. The number of nitrogens with one attached hydrogen (secondary N) is 1. The topological polar surface area (TPSA) is 75.7 Å². The predicted octanol–water partition coefficient (Wildman–Crippen LogP) is 6.00. The van der Waals surface area contributed by atoms with Crippen molar-refractivity contribution in [1.82, 2.24) is 4.72 Å². The van der Waals surface area contributed by atoms with Crippen molar-refractivity contribution in [3.8, 4) is 5.75 Å². The van der Waals surface area contributed by atoms with E-state index >= 15 is 0 Å². The lowest BCUT2D eigenvalue weighted by atomic mass is 9.68. The summed E-state index contributed by atoms with van der Waals surface area (Å²) < 4.78 is 34.0. The summed E-state index contributed by atoms with van der Waals surface area (Å²) in [4.78, 5) is 15.5. The van der Waals surface area contributed by atoms with E-state index in [1.807, 2.05) is 12.1 Å². The normalized spacial score (nSPS) is 30.8. The summed E-state index contributed by atoms with van der Waals surface area (Å²) in [6, 6.07) is 5.41. The molecule has 202 valence electrons. The molecule has 1 aromatic carbocycles. The number of sulfonamides is 1. The molecular formula is C30H42N2O4S. The van der Waals surface area contributed by atoms with Gasteiger partial charge in [0.05, 0.1) is 18.0 Å². The highest BCUT2D eigenvalue weighted by atomic mass is 32.2. The van der Waals surface area contributed by atoms with Gasteiger partial charge in [-0.1, -0.05) is 43.4 Å². The molecule has 5 rings (SSSR count). The molecule has 0 saturated heterocycles. The average Bonchev–Trinajstić information content (AvgIpc) is 3.00. The van der Waals surface area contributed by atoms with Crippen molar-refractivity contribution in [1.29, 1.82) is 0 Å². The maximum atomic E-state index is 13.0. The Bertz CT molecular complexity index is 1190. The van der Waals surface area contributed by atoms with Gasteiger partial charge in [0.1, 0.15) is 5.75 Å². The van der Waals surface area contributed by atoms with E-state index in [1.165, 1.54) is 30.4 Å². The summed E-state index contributed by atoms with van der Waals surface area (Å²) in [5.74, 6) is 1.60. The number of hydrogen-bond donors (Lipinski definition) is 1. The van der Waals surface area contributed by atoms with Crippen LogP contribution < -0.4 is 14.4 Å². The SMILES string of the molecule is C/C=C\C1=C(C)CCC[C@]12COc1ccc3cc1N(C[C@@H]1CC[C@H]1CCCCCCS(=O)(=O)NC3=O)C2. The summed E-state index contributed by atoms with van der Waals surface area (Å²) in [7, 11) is -3.66. The molecule has 2 heterocycles. The van der Waals surface area contributed by atoms with Gasteiger partial charge in [-0.2, -0.15) is 0 Å². The number of amides is 1. The lowest BCUT2D eigenvalue weighted by Gasteiger charge is -2.45. The van der Waals surface area contributed by atoms with Crippen molar-refractivity contribution in [2.45, 2.75) is 78.1 Å². The number of nitrogens with zero attached hydrogens (tertiary/aromatic N) is 1. The van der Waals surface area contributed by atoms with E-state index in [1.54, 1.807) is 6.07 Å². The molecule has 2 bridgehead atoms. The third-order valence-corrected chi connectivity index (χ3v) is 10.5. The van der Waals surface area contributed by atoms with E-state index in [9.17, 15) is 13.2 Å². The molecule has 1 aromatic rings. The maximum absolute atomic E-state index is 13.0. The van der Waals surface area contributed by atoms with Gasteiger partial charge in [0.25, 0.3) is 5.91 Å². The molecular weight excluding hydrogens is 484 g/mol. The van der Waals surface area contributed by atoms with Crippen LogP contribution in [0.25, 0.3) is 0 Å². The molecule has 1 fully saturated rings. The fourth-order valence-corrected chi connectivity index (χ4v) is 8.05. The van der Waals surface area contributed by atoms with Crippen LogP contribution in [-0.2, 0) is 10.0 Å². The summed E-state index contributed by atoms with van der Waals surface area (Å²) in [5, 5.41) is 0. The first-order chi connectivity index (χ1) is 17.8. The van der Waals surface area contributed by atoms with Gasteiger partial charge in [0.2, 0.25) is 10.0 Å². The van der Waals surface area contributed by atoms with Crippen molar-refractivity contribution in [2.24, 2.45) is 17.3 Å². The molecule has 1 amide bonds. The Labute approximate surface area is 222 Å². The van der Waals surface area contributed by atoms with Crippen LogP contribution in [0.15, 0.2) is 41.5 Å². The summed E-state index contributed by atoms with van der Waals surface area (Å²) in [6.45, 7) is 6.76. The van der Waals surface area contributed by atoms with Crippen LogP contribution in [0.4, 0.5) is 5.69 Å². The Hall–Kier alpha value is -2.28. The Morgan fingerprint density at radius 2 is 1.89 bits per heavy atom. The van der Waals surface area contributed by atoms with Gasteiger partial charge in [-0.3, -0.25) is 4.79 Å². The molecule has 37 heavy (non-hydrogen) atoms. The van der Waals surface area contributed by atoms with Crippen molar-refractivity contribution in [3.63, 3.8) is 0 Å². The minimum atomic E-state index is -3.66. The molecule has 1 saturated carbocycles. The maximum Gasteiger partial charge on any atom is 0.264 e. The number of carbonyl (C=O) groups excluding carboxylic acids is 1. The smallest absolute Gasteiger partial charge is 0.264 e. The zero-order valence-corrected chi connectivity index (χ0v) is 23.2. The van der Waals surface area contributed by atoms with Crippen LogP contribution in [0, 0.1) is 17.3 Å². The molecule has 2 aliphatic heterocycles. The van der Waals surface area contributed by atoms with Crippen LogP contribution in [0.5, 0.6) is 5.75 Å². The fourth-order valence-electron chi connectivity index (χ4n) is 6.96. The lowest BCUT2D eigenvalue weighted by Crippen LogP contribution is -2.46. The van der Waals surface area contributed by atoms with Crippen LogP contribution >= 0.6 is 0 Å². The second kappa shape index (κ2) is 10.8. The molecule has 7 heteroatoms. The number of fused-ring (bicyclic) bond motifs is 2. The van der Waals surface area contributed by atoms with Crippen LogP contribution in [-0.4, -0.2) is 39.8 Å². The molecule has 1 N–H and O–H groups in total. The largest absolute Gasteiger partial charge is 0.490 e. The first kappa shape index (κ1) is 26.3. The number of ether oxygens (including phenoxy) is 1. The van der Waals surface area contributed by atoms with E-state index < -0.39 is 15.9 Å². The molecule has 2 aliphatic carbocycles. The molecule has 0 radical (unpaired) electrons. The summed E-state index contributed by atoms with van der Waals surface area (Å²) in [6.07, 6.45) is 15.2. The summed E-state index contributed by atoms with van der Waals surface area (Å²) in [5.41, 5.74) is 4.03. The van der Waals surface area contributed by atoms with Crippen LogP contribution in [0.2, 0.25) is 0 Å². The minimum absolute atomic E-state index is 0.00704. The van der Waals surface area contributed by atoms with Gasteiger partial charge in [-0.25, -0.2) is 13.1 Å². The van der Waals surface area contributed by atoms with E-state index in [0.29, 0.717) is 24.5 Å². The summed E-state index contributed by atoms with van der Waals surface area (Å²) >= 11 is 0.